The van der Waals surface area contributed by atoms with Gasteiger partial charge in [0, 0.05) is 41.3 Å². The average Bonchev–Trinajstić information content (AvgIpc) is 3.26. The lowest BCUT2D eigenvalue weighted by atomic mass is 9.93. The van der Waals surface area contributed by atoms with E-state index in [9.17, 15) is 14.7 Å². The lowest BCUT2D eigenvalue weighted by Gasteiger charge is -2.28. The van der Waals surface area contributed by atoms with Gasteiger partial charge < -0.3 is 24.6 Å². The van der Waals surface area contributed by atoms with Crippen molar-refractivity contribution in [1.82, 2.24) is 9.88 Å². The molecule has 0 bridgehead atoms. The van der Waals surface area contributed by atoms with Crippen molar-refractivity contribution in [3.63, 3.8) is 0 Å². The lowest BCUT2D eigenvalue weighted by molar-refractivity contribution is -0.139. The zero-order chi connectivity index (χ0) is 23.3. The second-order valence-corrected chi connectivity index (χ2v) is 8.65. The number of carbonyl (C=O) groups is 2. The Balaban J connectivity index is 1.73. The van der Waals surface area contributed by atoms with Crippen LogP contribution in [0.4, 0.5) is 5.69 Å². The minimum Gasteiger partial charge on any atom is -0.507 e. The highest BCUT2D eigenvalue weighted by molar-refractivity contribution is 6.46. The van der Waals surface area contributed by atoms with Gasteiger partial charge in [-0.15, -0.1) is 0 Å². The molecule has 170 valence electrons. The van der Waals surface area contributed by atoms with E-state index in [1.165, 1.54) is 0 Å². The van der Waals surface area contributed by atoms with Crippen LogP contribution in [0.2, 0.25) is 0 Å². The molecule has 1 saturated heterocycles. The maximum absolute atomic E-state index is 13.3. The van der Waals surface area contributed by atoms with Gasteiger partial charge in [-0.25, -0.2) is 0 Å². The van der Waals surface area contributed by atoms with Gasteiger partial charge >= 0.3 is 0 Å². The Kier molecular flexibility index (Phi) is 5.12. The minimum atomic E-state index is -0.661. The van der Waals surface area contributed by atoms with Crippen LogP contribution in [0.1, 0.15) is 36.2 Å². The van der Waals surface area contributed by atoms with Gasteiger partial charge in [-0.05, 0) is 37.6 Å². The van der Waals surface area contributed by atoms with Gasteiger partial charge in [0.1, 0.15) is 18.1 Å². The average molecular weight is 446 g/mol. The second-order valence-electron chi connectivity index (χ2n) is 8.65. The molecule has 2 aliphatic rings. The molecule has 2 aliphatic heterocycles. The highest BCUT2D eigenvalue weighted by Gasteiger charge is 2.47. The van der Waals surface area contributed by atoms with E-state index >= 15 is 0 Å². The number of aliphatic hydroxyl groups excluding tert-OH is 1. The Morgan fingerprint density at radius 3 is 2.79 bits per heavy atom. The van der Waals surface area contributed by atoms with Gasteiger partial charge in [-0.2, -0.15) is 0 Å². The molecular weight excluding hydrogens is 418 g/mol. The molecule has 0 saturated carbocycles. The number of aromatic nitrogens is 1. The van der Waals surface area contributed by atoms with Crippen molar-refractivity contribution in [2.45, 2.75) is 26.3 Å². The summed E-state index contributed by atoms with van der Waals surface area (Å²) in [7, 11) is 1.96. The number of aliphatic hydroxyl groups is 1. The molecule has 1 fully saturated rings. The van der Waals surface area contributed by atoms with Gasteiger partial charge in [0.25, 0.3) is 11.7 Å². The Morgan fingerprint density at radius 2 is 2.00 bits per heavy atom. The van der Waals surface area contributed by atoms with Crippen molar-refractivity contribution in [2.75, 3.05) is 31.6 Å². The van der Waals surface area contributed by atoms with E-state index in [-0.39, 0.29) is 11.3 Å². The molecule has 3 heterocycles. The van der Waals surface area contributed by atoms with Gasteiger partial charge in [0.15, 0.2) is 0 Å². The van der Waals surface area contributed by atoms with Crippen molar-refractivity contribution in [2.24, 2.45) is 0 Å². The molecule has 1 unspecified atom stereocenters. The monoisotopic (exact) mass is 445 g/mol. The zero-order valence-corrected chi connectivity index (χ0v) is 19.0. The van der Waals surface area contributed by atoms with Crippen LogP contribution in [0.15, 0.2) is 48.0 Å². The number of aromatic amines is 1. The Bertz CT molecular complexity index is 1310. The molecule has 1 amide bonds. The molecule has 0 aliphatic carbocycles. The number of para-hydroxylation sites is 1. The normalized spacial score (nSPS) is 19.8. The van der Waals surface area contributed by atoms with E-state index in [0.717, 1.165) is 40.1 Å². The fraction of sp³-hybridized carbons (Fsp3) is 0.308. The number of likely N-dealkylation sites (N-methyl/N-ethyl adjacent to an activating group) is 1. The first-order valence-corrected chi connectivity index (χ1v) is 11.3. The zero-order valence-electron chi connectivity index (χ0n) is 19.0. The fourth-order valence-corrected chi connectivity index (χ4v) is 4.96. The van der Waals surface area contributed by atoms with Gasteiger partial charge in [-0.1, -0.05) is 25.1 Å². The van der Waals surface area contributed by atoms with Crippen LogP contribution < -0.4 is 9.64 Å². The number of amides is 1. The van der Waals surface area contributed by atoms with Crippen molar-refractivity contribution < 1.29 is 19.4 Å². The van der Waals surface area contributed by atoms with E-state index in [0.29, 0.717) is 25.1 Å². The van der Waals surface area contributed by atoms with Crippen molar-refractivity contribution >= 4 is 34.0 Å². The summed E-state index contributed by atoms with van der Waals surface area (Å²) in [6.45, 7) is 5.65. The third-order valence-corrected chi connectivity index (χ3v) is 6.55. The smallest absolute Gasteiger partial charge is 0.295 e. The number of nitrogens with zero attached hydrogens (tertiary/aromatic N) is 2. The molecule has 0 spiro atoms. The summed E-state index contributed by atoms with van der Waals surface area (Å²) in [5, 5.41) is 12.4. The third kappa shape index (κ3) is 3.26. The number of ketones is 1. The SMILES string of the molecule is CCCN1C(=O)C(=O)/C(=C(/O)c2ccc3c(c2)N(C)CCO3)C1c1c(C)[nH]c2ccccc12. The third-order valence-electron chi connectivity index (χ3n) is 6.55. The Hall–Kier alpha value is -3.74. The number of Topliss-reactive ketones (excluding diaryl/α,β-unsaturated/α-hetero) is 1. The first-order valence-electron chi connectivity index (χ1n) is 11.3. The Labute approximate surface area is 192 Å². The van der Waals surface area contributed by atoms with E-state index in [1.807, 2.05) is 56.1 Å². The molecule has 2 aromatic carbocycles. The molecule has 7 nitrogen and oxygen atoms in total. The molecule has 3 aromatic rings. The number of hydrogen-bond donors (Lipinski definition) is 2. The van der Waals surface area contributed by atoms with Crippen LogP contribution in [0, 0.1) is 6.92 Å². The number of likely N-dealkylation sites (tertiary alicyclic amines) is 1. The predicted molar refractivity (Wildman–Crippen MR) is 128 cm³/mol. The van der Waals surface area contributed by atoms with Crippen molar-refractivity contribution in [3.8, 4) is 5.75 Å². The van der Waals surface area contributed by atoms with Crippen LogP contribution in [0.3, 0.4) is 0 Å². The summed E-state index contributed by atoms with van der Waals surface area (Å²) in [6, 6.07) is 12.5. The molecule has 5 rings (SSSR count). The van der Waals surface area contributed by atoms with Gasteiger partial charge in [0.05, 0.1) is 23.8 Å². The number of aryl methyl sites for hydroxylation is 1. The van der Waals surface area contributed by atoms with E-state index in [2.05, 4.69) is 4.98 Å². The maximum atomic E-state index is 13.3. The van der Waals surface area contributed by atoms with Crippen molar-refractivity contribution in [1.29, 1.82) is 0 Å². The second kappa shape index (κ2) is 7.99. The van der Waals surface area contributed by atoms with Crippen LogP contribution in [-0.2, 0) is 9.59 Å². The standard InChI is InChI=1S/C26H27N3O4/c1-4-11-29-23(21-15(2)27-18-8-6-5-7-17(18)21)22(25(31)26(29)32)24(30)16-9-10-20-19(14-16)28(3)12-13-33-20/h5-10,14,23,27,30H,4,11-13H2,1-3H3/b24-22+. The largest absolute Gasteiger partial charge is 0.507 e. The first-order chi connectivity index (χ1) is 15.9. The maximum Gasteiger partial charge on any atom is 0.295 e. The van der Waals surface area contributed by atoms with Crippen LogP contribution in [0.5, 0.6) is 5.75 Å². The van der Waals surface area contributed by atoms with Crippen LogP contribution in [-0.4, -0.2) is 53.4 Å². The number of benzene rings is 2. The summed E-state index contributed by atoms with van der Waals surface area (Å²) in [6.07, 6.45) is 0.700. The van der Waals surface area contributed by atoms with Crippen molar-refractivity contribution in [3.05, 3.63) is 64.9 Å². The number of H-pyrrole nitrogens is 1. The predicted octanol–water partition coefficient (Wildman–Crippen LogP) is 4.14. The molecule has 1 aromatic heterocycles. The van der Waals surface area contributed by atoms with Crippen LogP contribution >= 0.6 is 0 Å². The number of fused-ring (bicyclic) bond motifs is 2. The highest BCUT2D eigenvalue weighted by atomic mass is 16.5. The number of hydrogen-bond acceptors (Lipinski definition) is 5. The quantitative estimate of drug-likeness (QED) is 0.358. The number of carbonyl (C=O) groups excluding carboxylic acids is 2. The lowest BCUT2D eigenvalue weighted by Crippen LogP contribution is -2.30. The van der Waals surface area contributed by atoms with E-state index in [4.69, 9.17) is 4.74 Å². The number of rotatable bonds is 4. The molecule has 7 heteroatoms. The van der Waals surface area contributed by atoms with Gasteiger partial charge in [-0.3, -0.25) is 9.59 Å². The Morgan fingerprint density at radius 1 is 1.21 bits per heavy atom. The highest BCUT2D eigenvalue weighted by Crippen LogP contribution is 2.44. The summed E-state index contributed by atoms with van der Waals surface area (Å²) in [4.78, 5) is 33.3. The summed E-state index contributed by atoms with van der Waals surface area (Å²) in [5.74, 6) is -0.663. The molecular formula is C26H27N3O4. The molecule has 0 radical (unpaired) electrons. The number of ether oxygens (including phenoxy) is 1. The van der Waals surface area contributed by atoms with E-state index < -0.39 is 17.7 Å². The molecule has 33 heavy (non-hydrogen) atoms. The summed E-state index contributed by atoms with van der Waals surface area (Å²) >= 11 is 0. The molecule has 1 atom stereocenters. The van der Waals surface area contributed by atoms with E-state index in [1.54, 1.807) is 17.0 Å². The fourth-order valence-electron chi connectivity index (χ4n) is 4.96. The first kappa shape index (κ1) is 21.1. The minimum absolute atomic E-state index is 0.126. The number of nitrogens with one attached hydrogen (secondary N) is 1. The molecule has 2 N–H and O–H groups in total. The number of anilines is 1. The van der Waals surface area contributed by atoms with Crippen LogP contribution in [0.25, 0.3) is 16.7 Å². The van der Waals surface area contributed by atoms with Gasteiger partial charge in [0.2, 0.25) is 0 Å². The summed E-state index contributed by atoms with van der Waals surface area (Å²) in [5.41, 5.74) is 4.10. The summed E-state index contributed by atoms with van der Waals surface area (Å²) < 4.78 is 5.71. The topological polar surface area (TPSA) is 85.9 Å².